The zero-order valence-electron chi connectivity index (χ0n) is 11.5. The lowest BCUT2D eigenvalue weighted by Crippen LogP contribution is -2.41. The molecule has 106 valence electrons. The van der Waals surface area contributed by atoms with Crippen molar-refractivity contribution in [1.82, 2.24) is 4.90 Å². The van der Waals surface area contributed by atoms with E-state index in [1.165, 1.54) is 12.1 Å². The van der Waals surface area contributed by atoms with Gasteiger partial charge in [-0.3, -0.25) is 4.90 Å². The smallest absolute Gasteiger partial charge is 0.123 e. The van der Waals surface area contributed by atoms with Gasteiger partial charge in [0.15, 0.2) is 0 Å². The molecule has 1 saturated carbocycles. The SMILES string of the molecule is CC(C)(O)CN(CC(O)c1ccc(F)cc1)C1CC1. The van der Waals surface area contributed by atoms with Gasteiger partial charge in [-0.1, -0.05) is 12.1 Å². The molecule has 4 heteroatoms. The summed E-state index contributed by atoms with van der Waals surface area (Å²) < 4.78 is 12.8. The van der Waals surface area contributed by atoms with Crippen molar-refractivity contribution in [2.45, 2.75) is 44.4 Å². The Balaban J connectivity index is 1.98. The van der Waals surface area contributed by atoms with Gasteiger partial charge in [-0.05, 0) is 44.4 Å². The van der Waals surface area contributed by atoms with E-state index in [0.29, 0.717) is 24.7 Å². The molecule has 1 atom stereocenters. The number of aliphatic hydroxyl groups excluding tert-OH is 1. The van der Waals surface area contributed by atoms with E-state index < -0.39 is 11.7 Å². The monoisotopic (exact) mass is 267 g/mol. The molecular weight excluding hydrogens is 245 g/mol. The second kappa shape index (κ2) is 5.57. The molecule has 0 spiro atoms. The van der Waals surface area contributed by atoms with Crippen molar-refractivity contribution in [3.8, 4) is 0 Å². The average molecular weight is 267 g/mol. The van der Waals surface area contributed by atoms with Gasteiger partial charge in [-0.2, -0.15) is 0 Å². The highest BCUT2D eigenvalue weighted by atomic mass is 19.1. The lowest BCUT2D eigenvalue weighted by molar-refractivity contribution is 0.0148. The second-order valence-corrected chi connectivity index (χ2v) is 6.04. The molecule has 2 rings (SSSR count). The second-order valence-electron chi connectivity index (χ2n) is 6.04. The minimum Gasteiger partial charge on any atom is -0.389 e. The van der Waals surface area contributed by atoms with E-state index in [1.807, 2.05) is 0 Å². The third-order valence-electron chi connectivity index (χ3n) is 3.32. The largest absolute Gasteiger partial charge is 0.389 e. The first kappa shape index (κ1) is 14.4. The summed E-state index contributed by atoms with van der Waals surface area (Å²) in [5.41, 5.74) is -0.0618. The third kappa shape index (κ3) is 4.56. The van der Waals surface area contributed by atoms with Crippen LogP contribution >= 0.6 is 0 Å². The van der Waals surface area contributed by atoms with Gasteiger partial charge >= 0.3 is 0 Å². The maximum Gasteiger partial charge on any atom is 0.123 e. The van der Waals surface area contributed by atoms with Crippen molar-refractivity contribution < 1.29 is 14.6 Å². The Morgan fingerprint density at radius 1 is 1.32 bits per heavy atom. The van der Waals surface area contributed by atoms with E-state index in [0.717, 1.165) is 12.8 Å². The first-order valence-electron chi connectivity index (χ1n) is 6.75. The maximum atomic E-state index is 12.8. The highest BCUT2D eigenvalue weighted by Gasteiger charge is 2.33. The van der Waals surface area contributed by atoms with Crippen molar-refractivity contribution in [1.29, 1.82) is 0 Å². The van der Waals surface area contributed by atoms with E-state index in [-0.39, 0.29) is 5.82 Å². The van der Waals surface area contributed by atoms with Crippen LogP contribution in [0.5, 0.6) is 0 Å². The lowest BCUT2D eigenvalue weighted by Gasteiger charge is -2.30. The summed E-state index contributed by atoms with van der Waals surface area (Å²) in [6.45, 7) is 4.55. The van der Waals surface area contributed by atoms with Crippen LogP contribution in [-0.2, 0) is 0 Å². The average Bonchev–Trinajstić information content (AvgIpc) is 3.10. The van der Waals surface area contributed by atoms with Crippen molar-refractivity contribution in [2.75, 3.05) is 13.1 Å². The minimum atomic E-state index is -0.773. The van der Waals surface area contributed by atoms with Crippen LogP contribution in [0.2, 0.25) is 0 Å². The standard InChI is InChI=1S/C15H22FNO2/c1-15(2,19)10-17(13-7-8-13)9-14(18)11-3-5-12(16)6-4-11/h3-6,13-14,18-19H,7-10H2,1-2H3. The lowest BCUT2D eigenvalue weighted by atomic mass is 10.1. The summed E-state index contributed by atoms with van der Waals surface area (Å²) in [5, 5.41) is 20.1. The molecule has 19 heavy (non-hydrogen) atoms. The molecule has 0 bridgehead atoms. The van der Waals surface area contributed by atoms with Crippen LogP contribution in [-0.4, -0.2) is 39.8 Å². The molecule has 1 aromatic rings. The molecule has 1 aromatic carbocycles. The van der Waals surface area contributed by atoms with Crippen LogP contribution in [0.1, 0.15) is 38.4 Å². The fourth-order valence-electron chi connectivity index (χ4n) is 2.29. The van der Waals surface area contributed by atoms with Gasteiger partial charge in [0, 0.05) is 19.1 Å². The number of nitrogens with zero attached hydrogens (tertiary/aromatic N) is 1. The number of rotatable bonds is 6. The molecule has 1 unspecified atom stereocenters. The first-order valence-corrected chi connectivity index (χ1v) is 6.75. The van der Waals surface area contributed by atoms with E-state index in [4.69, 9.17) is 0 Å². The van der Waals surface area contributed by atoms with Crippen molar-refractivity contribution >= 4 is 0 Å². The molecule has 0 amide bonds. The van der Waals surface area contributed by atoms with Crippen LogP contribution in [0, 0.1) is 5.82 Å². The topological polar surface area (TPSA) is 43.7 Å². The summed E-state index contributed by atoms with van der Waals surface area (Å²) in [7, 11) is 0. The van der Waals surface area contributed by atoms with Crippen LogP contribution in [0.15, 0.2) is 24.3 Å². The molecule has 1 aliphatic carbocycles. The predicted molar refractivity (Wildman–Crippen MR) is 72.3 cm³/mol. The highest BCUT2D eigenvalue weighted by molar-refractivity contribution is 5.19. The summed E-state index contributed by atoms with van der Waals surface area (Å²) in [5.74, 6) is -0.300. The number of halogens is 1. The highest BCUT2D eigenvalue weighted by Crippen LogP contribution is 2.30. The maximum absolute atomic E-state index is 12.8. The minimum absolute atomic E-state index is 0.300. The zero-order chi connectivity index (χ0) is 14.0. The fourth-order valence-corrected chi connectivity index (χ4v) is 2.29. The van der Waals surface area contributed by atoms with Crippen molar-refractivity contribution in [3.63, 3.8) is 0 Å². The normalized spacial score (nSPS) is 17.8. The third-order valence-corrected chi connectivity index (χ3v) is 3.32. The Morgan fingerprint density at radius 2 is 1.89 bits per heavy atom. The molecule has 0 radical (unpaired) electrons. The molecule has 0 aromatic heterocycles. The Morgan fingerprint density at radius 3 is 2.37 bits per heavy atom. The van der Waals surface area contributed by atoms with Crippen LogP contribution in [0.3, 0.4) is 0 Å². The molecule has 2 N–H and O–H groups in total. The van der Waals surface area contributed by atoms with Gasteiger partial charge in [0.1, 0.15) is 5.82 Å². The van der Waals surface area contributed by atoms with Crippen LogP contribution in [0.25, 0.3) is 0 Å². The van der Waals surface area contributed by atoms with E-state index >= 15 is 0 Å². The summed E-state index contributed by atoms with van der Waals surface area (Å²) >= 11 is 0. The van der Waals surface area contributed by atoms with Gasteiger partial charge in [0.05, 0.1) is 11.7 Å². The number of benzene rings is 1. The zero-order valence-corrected chi connectivity index (χ0v) is 11.5. The van der Waals surface area contributed by atoms with E-state index in [9.17, 15) is 14.6 Å². The Labute approximate surface area is 113 Å². The predicted octanol–water partition coefficient (Wildman–Crippen LogP) is 2.09. The number of aliphatic hydroxyl groups is 2. The Bertz CT molecular complexity index is 409. The molecule has 1 fully saturated rings. The van der Waals surface area contributed by atoms with Crippen molar-refractivity contribution in [3.05, 3.63) is 35.6 Å². The Kier molecular flexibility index (Phi) is 4.23. The molecule has 0 saturated heterocycles. The van der Waals surface area contributed by atoms with Crippen LogP contribution < -0.4 is 0 Å². The fraction of sp³-hybridized carbons (Fsp3) is 0.600. The van der Waals surface area contributed by atoms with Gasteiger partial charge < -0.3 is 10.2 Å². The summed E-state index contributed by atoms with van der Waals surface area (Å²) in [4.78, 5) is 2.12. The molecule has 3 nitrogen and oxygen atoms in total. The van der Waals surface area contributed by atoms with Gasteiger partial charge in [-0.15, -0.1) is 0 Å². The van der Waals surface area contributed by atoms with E-state index in [2.05, 4.69) is 4.90 Å². The molecular formula is C15H22FNO2. The number of hydrogen-bond acceptors (Lipinski definition) is 3. The summed E-state index contributed by atoms with van der Waals surface area (Å²) in [6.07, 6.45) is 1.59. The number of hydrogen-bond donors (Lipinski definition) is 2. The molecule has 1 aliphatic rings. The van der Waals surface area contributed by atoms with E-state index in [1.54, 1.807) is 26.0 Å². The van der Waals surface area contributed by atoms with Gasteiger partial charge in [-0.25, -0.2) is 4.39 Å². The summed E-state index contributed by atoms with van der Waals surface area (Å²) in [6, 6.07) is 6.39. The Hall–Kier alpha value is -0.970. The molecule has 0 aliphatic heterocycles. The first-order chi connectivity index (χ1) is 8.85. The van der Waals surface area contributed by atoms with Gasteiger partial charge in [0.25, 0.3) is 0 Å². The molecule has 0 heterocycles. The van der Waals surface area contributed by atoms with Crippen LogP contribution in [0.4, 0.5) is 4.39 Å². The quantitative estimate of drug-likeness (QED) is 0.829. The van der Waals surface area contributed by atoms with Crippen molar-refractivity contribution in [2.24, 2.45) is 0 Å². The van der Waals surface area contributed by atoms with Gasteiger partial charge in [0.2, 0.25) is 0 Å².